The Kier molecular flexibility index (Phi) is 7.56. The number of benzene rings is 6. The first-order valence-electron chi connectivity index (χ1n) is 15.4. The lowest BCUT2D eigenvalue weighted by Gasteiger charge is -2.31. The Bertz CT molecular complexity index is 1990. The van der Waals surface area contributed by atoms with Crippen molar-refractivity contribution in [1.29, 1.82) is 0 Å². The molecule has 6 aromatic carbocycles. The fourth-order valence-electron chi connectivity index (χ4n) is 6.42. The van der Waals surface area contributed by atoms with Crippen molar-refractivity contribution in [2.75, 3.05) is 16.8 Å². The number of anilines is 4. The van der Waals surface area contributed by atoms with E-state index in [1.54, 1.807) is 0 Å². The second kappa shape index (κ2) is 12.1. The van der Waals surface area contributed by atoms with Gasteiger partial charge in [0.15, 0.2) is 0 Å². The maximum Gasteiger partial charge on any atom is 0.0567 e. The summed E-state index contributed by atoms with van der Waals surface area (Å²) in [5.74, 6) is 0. The number of fused-ring (bicyclic) bond motifs is 3. The van der Waals surface area contributed by atoms with Gasteiger partial charge in [0, 0.05) is 40.6 Å². The summed E-state index contributed by atoms with van der Waals surface area (Å²) in [7, 11) is 2.18. The summed E-state index contributed by atoms with van der Waals surface area (Å²) in [6, 6.07) is 46.3. The summed E-state index contributed by atoms with van der Waals surface area (Å²) in [6.45, 7) is 2.04. The normalized spacial score (nSPS) is 13.0. The molecule has 0 radical (unpaired) electrons. The largest absolute Gasteiger partial charge is 0.344 e. The summed E-state index contributed by atoms with van der Waals surface area (Å²) < 4.78 is 0. The van der Waals surface area contributed by atoms with Gasteiger partial charge in [0.05, 0.1) is 5.69 Å². The molecular formula is C42H36N2. The molecule has 0 saturated heterocycles. The molecule has 44 heavy (non-hydrogen) atoms. The predicted octanol–water partition coefficient (Wildman–Crippen LogP) is 11.5. The van der Waals surface area contributed by atoms with Crippen LogP contribution < -0.4 is 9.80 Å². The first kappa shape index (κ1) is 27.5. The summed E-state index contributed by atoms with van der Waals surface area (Å²) in [5, 5.41) is 5.02. The van der Waals surface area contributed by atoms with Crippen LogP contribution in [0.3, 0.4) is 0 Å². The molecule has 7 rings (SSSR count). The van der Waals surface area contributed by atoms with Gasteiger partial charge in [-0.2, -0.15) is 0 Å². The Morgan fingerprint density at radius 2 is 1.27 bits per heavy atom. The van der Waals surface area contributed by atoms with Gasteiger partial charge in [0.2, 0.25) is 0 Å². The topological polar surface area (TPSA) is 6.48 Å². The molecule has 214 valence electrons. The summed E-state index contributed by atoms with van der Waals surface area (Å²) in [6.07, 6.45) is 12.8. The lowest BCUT2D eigenvalue weighted by atomic mass is 9.94. The third kappa shape index (κ3) is 5.31. The van der Waals surface area contributed by atoms with Crippen LogP contribution in [-0.2, 0) is 6.42 Å². The molecule has 0 spiro atoms. The minimum Gasteiger partial charge on any atom is -0.344 e. The molecule has 0 aliphatic heterocycles. The van der Waals surface area contributed by atoms with Crippen LogP contribution in [0.15, 0.2) is 151 Å². The highest BCUT2D eigenvalue weighted by Gasteiger charge is 2.20. The molecule has 0 fully saturated rings. The van der Waals surface area contributed by atoms with Crippen molar-refractivity contribution in [3.05, 3.63) is 168 Å². The molecule has 0 aromatic heterocycles. The molecule has 0 amide bonds. The quantitative estimate of drug-likeness (QED) is 0.140. The molecular weight excluding hydrogens is 532 g/mol. The van der Waals surface area contributed by atoms with E-state index in [0.717, 1.165) is 24.2 Å². The van der Waals surface area contributed by atoms with Crippen molar-refractivity contribution in [3.8, 4) is 0 Å². The van der Waals surface area contributed by atoms with Crippen LogP contribution in [0.4, 0.5) is 22.7 Å². The van der Waals surface area contributed by atoms with Crippen LogP contribution >= 0.6 is 0 Å². The van der Waals surface area contributed by atoms with Gasteiger partial charge in [-0.1, -0.05) is 109 Å². The molecule has 0 saturated carbocycles. The Morgan fingerprint density at radius 1 is 0.591 bits per heavy atom. The fraction of sp³-hybridized carbons (Fsp3) is 0.0952. The van der Waals surface area contributed by atoms with E-state index in [-0.39, 0.29) is 0 Å². The van der Waals surface area contributed by atoms with Gasteiger partial charge >= 0.3 is 0 Å². The summed E-state index contributed by atoms with van der Waals surface area (Å²) in [4.78, 5) is 4.77. The van der Waals surface area contributed by atoms with Crippen LogP contribution in [0.1, 0.15) is 30.0 Å². The second-order valence-corrected chi connectivity index (χ2v) is 11.4. The Balaban J connectivity index is 1.31. The number of rotatable bonds is 7. The van der Waals surface area contributed by atoms with Gasteiger partial charge in [-0.05, 0) is 95.8 Å². The van der Waals surface area contributed by atoms with Crippen molar-refractivity contribution in [2.24, 2.45) is 0 Å². The van der Waals surface area contributed by atoms with E-state index in [1.807, 2.05) is 6.92 Å². The van der Waals surface area contributed by atoms with Gasteiger partial charge in [0.1, 0.15) is 0 Å². The minimum absolute atomic E-state index is 0.985. The van der Waals surface area contributed by atoms with Crippen LogP contribution in [0.25, 0.3) is 33.7 Å². The number of hydrogen-bond donors (Lipinski definition) is 0. The molecule has 0 N–H and O–H groups in total. The Labute approximate surface area is 260 Å². The average Bonchev–Trinajstić information content (AvgIpc) is 3.07. The predicted molar refractivity (Wildman–Crippen MR) is 191 cm³/mol. The minimum atomic E-state index is 0.985. The van der Waals surface area contributed by atoms with Crippen LogP contribution in [-0.4, -0.2) is 7.05 Å². The number of nitrogens with zero attached hydrogens (tertiary/aromatic N) is 2. The SMILES string of the molecule is C/C=C\C=C/c1cccc(N(C2=Cc3ccccc3CC2)c2ccc(N(C)c3c4ccccc4cc4ccccc34)cc2)c1. The van der Waals surface area contributed by atoms with Crippen LogP contribution in [0, 0.1) is 0 Å². The van der Waals surface area contributed by atoms with Crippen LogP contribution in [0.5, 0.6) is 0 Å². The standard InChI is InChI=1S/C42H36N2/c1-3-4-5-13-31-14-12-19-38(28-31)44(39-23-22-32-15-6-7-16-33(32)30-39)37-26-24-36(25-27-37)43(2)42-40-20-10-8-17-34(40)29-35-18-9-11-21-41(35)42/h3-21,24-30H,22-23H2,1-2H3/b4-3-,13-5-. The highest BCUT2D eigenvalue weighted by Crippen LogP contribution is 2.40. The smallest absolute Gasteiger partial charge is 0.0567 e. The monoisotopic (exact) mass is 568 g/mol. The van der Waals surface area contributed by atoms with Crippen molar-refractivity contribution in [1.82, 2.24) is 0 Å². The highest BCUT2D eigenvalue weighted by atomic mass is 15.2. The van der Waals surface area contributed by atoms with Gasteiger partial charge in [-0.3, -0.25) is 0 Å². The summed E-state index contributed by atoms with van der Waals surface area (Å²) in [5.41, 5.74) is 9.92. The van der Waals surface area contributed by atoms with Crippen molar-refractivity contribution in [3.63, 3.8) is 0 Å². The molecule has 1 aliphatic rings. The zero-order valence-electron chi connectivity index (χ0n) is 25.3. The zero-order chi connectivity index (χ0) is 29.9. The average molecular weight is 569 g/mol. The molecule has 6 aromatic rings. The third-order valence-electron chi connectivity index (χ3n) is 8.61. The lowest BCUT2D eigenvalue weighted by molar-refractivity contribution is 0.894. The molecule has 2 heteroatoms. The number of allylic oxidation sites excluding steroid dienone is 4. The third-order valence-corrected chi connectivity index (χ3v) is 8.61. The molecule has 1 aliphatic carbocycles. The molecule has 2 nitrogen and oxygen atoms in total. The Morgan fingerprint density at radius 3 is 2.02 bits per heavy atom. The van der Waals surface area contributed by atoms with E-state index < -0.39 is 0 Å². The van der Waals surface area contributed by atoms with E-state index >= 15 is 0 Å². The molecule has 0 unspecified atom stereocenters. The van der Waals surface area contributed by atoms with E-state index in [0.29, 0.717) is 0 Å². The van der Waals surface area contributed by atoms with Crippen molar-refractivity contribution >= 4 is 56.4 Å². The zero-order valence-corrected chi connectivity index (χ0v) is 25.3. The maximum absolute atomic E-state index is 2.43. The maximum atomic E-state index is 2.43. The highest BCUT2D eigenvalue weighted by molar-refractivity contribution is 6.12. The lowest BCUT2D eigenvalue weighted by Crippen LogP contribution is -2.19. The first-order valence-corrected chi connectivity index (χ1v) is 15.4. The molecule has 0 atom stereocenters. The molecule has 0 bridgehead atoms. The fourth-order valence-corrected chi connectivity index (χ4v) is 6.42. The van der Waals surface area contributed by atoms with E-state index in [2.05, 4.69) is 175 Å². The van der Waals surface area contributed by atoms with E-state index in [9.17, 15) is 0 Å². The second-order valence-electron chi connectivity index (χ2n) is 11.4. The van der Waals surface area contributed by atoms with Crippen LogP contribution in [0.2, 0.25) is 0 Å². The van der Waals surface area contributed by atoms with Crippen molar-refractivity contribution < 1.29 is 0 Å². The van der Waals surface area contributed by atoms with E-state index in [1.165, 1.54) is 55.3 Å². The first-order chi connectivity index (χ1) is 21.7. The number of hydrogen-bond acceptors (Lipinski definition) is 2. The van der Waals surface area contributed by atoms with Gasteiger partial charge < -0.3 is 9.80 Å². The van der Waals surface area contributed by atoms with Gasteiger partial charge in [0.25, 0.3) is 0 Å². The summed E-state index contributed by atoms with van der Waals surface area (Å²) >= 11 is 0. The van der Waals surface area contributed by atoms with Gasteiger partial charge in [-0.25, -0.2) is 0 Å². The number of aryl methyl sites for hydroxylation is 1. The van der Waals surface area contributed by atoms with Crippen molar-refractivity contribution in [2.45, 2.75) is 19.8 Å². The van der Waals surface area contributed by atoms with Gasteiger partial charge in [-0.15, -0.1) is 0 Å². The molecule has 0 heterocycles. The Hall–Kier alpha value is -5.34. The van der Waals surface area contributed by atoms with E-state index in [4.69, 9.17) is 0 Å².